The average Bonchev–Trinajstić information content (AvgIpc) is 2.01. The Morgan fingerprint density at radius 2 is 1.57 bits per heavy atom. The molecule has 4 heteroatoms. The fourth-order valence-corrected chi connectivity index (χ4v) is 23.0. The fourth-order valence-electron chi connectivity index (χ4n) is 1.49. The van der Waals surface area contributed by atoms with Crippen molar-refractivity contribution in [2.24, 2.45) is 0 Å². The third-order valence-corrected chi connectivity index (χ3v) is 13.7. The van der Waals surface area contributed by atoms with Gasteiger partial charge < -0.3 is 0 Å². The molecule has 0 aliphatic heterocycles. The maximum absolute atomic E-state index is 3.77. The molecule has 0 aliphatic rings. The number of hydrogen-bond donors (Lipinski definition) is 0. The molecule has 0 nitrogen and oxygen atoms in total. The predicted octanol–water partition coefficient (Wildman–Crippen LogP) is 5.47. The van der Waals surface area contributed by atoms with Crippen LogP contribution in [0.5, 0.6) is 0 Å². The van der Waals surface area contributed by atoms with Gasteiger partial charge in [-0.05, 0) is 0 Å². The molecule has 0 aromatic heterocycles. The van der Waals surface area contributed by atoms with Gasteiger partial charge in [-0.25, -0.2) is 0 Å². The number of hydrogen-bond acceptors (Lipinski definition) is 0. The Hall–Kier alpha value is 1.53. The molecule has 0 bridgehead atoms. The van der Waals surface area contributed by atoms with E-state index in [9.17, 15) is 0 Å². The van der Waals surface area contributed by atoms with Crippen LogP contribution in [0.4, 0.5) is 0 Å². The number of benzene rings is 1. The molecule has 1 aromatic rings. The van der Waals surface area contributed by atoms with E-state index in [1.165, 1.54) is 9.74 Å². The summed E-state index contributed by atoms with van der Waals surface area (Å²) in [6.07, 6.45) is 0. The minimum atomic E-state index is -2.36. The third-order valence-electron chi connectivity index (χ3n) is 2.20. The summed E-state index contributed by atoms with van der Waals surface area (Å²) in [6, 6.07) is 10.7. The van der Waals surface area contributed by atoms with Gasteiger partial charge in [0.05, 0.1) is 0 Å². The van der Waals surface area contributed by atoms with Gasteiger partial charge in [-0.2, -0.15) is 0 Å². The minimum absolute atomic E-state index is 0.235. The summed E-state index contributed by atoms with van der Waals surface area (Å²) in [5.74, 6) is 0. The molecular formula is C10H13Br3Hf. The summed E-state index contributed by atoms with van der Waals surface area (Å²) < 4.78 is 1.18. The van der Waals surface area contributed by atoms with E-state index in [4.69, 9.17) is 0 Å². The van der Waals surface area contributed by atoms with Crippen LogP contribution in [0.25, 0.3) is 0 Å². The second-order valence-electron chi connectivity index (χ2n) is 4.04. The van der Waals surface area contributed by atoms with Gasteiger partial charge in [0.15, 0.2) is 0 Å². The summed E-state index contributed by atoms with van der Waals surface area (Å²) in [6.45, 7) is 4.59. The molecule has 0 saturated heterocycles. The van der Waals surface area contributed by atoms with E-state index in [0.29, 0.717) is 0 Å². The van der Waals surface area contributed by atoms with Crippen molar-refractivity contribution in [3.8, 4) is 0 Å². The van der Waals surface area contributed by atoms with Crippen molar-refractivity contribution in [3.05, 3.63) is 35.9 Å². The molecule has 1 aromatic carbocycles. The van der Waals surface area contributed by atoms with Crippen molar-refractivity contribution in [3.63, 3.8) is 0 Å². The van der Waals surface area contributed by atoms with E-state index >= 15 is 0 Å². The van der Waals surface area contributed by atoms with Crippen molar-refractivity contribution in [2.75, 3.05) is 0 Å². The topological polar surface area (TPSA) is 0 Å². The monoisotopic (exact) mass is 550 g/mol. The zero-order valence-corrected chi connectivity index (χ0v) is 16.6. The van der Waals surface area contributed by atoms with Crippen LogP contribution in [0.15, 0.2) is 30.3 Å². The van der Waals surface area contributed by atoms with Gasteiger partial charge in [0.25, 0.3) is 0 Å². The Kier molecular flexibility index (Phi) is 5.09. The van der Waals surface area contributed by atoms with Crippen molar-refractivity contribution in [1.29, 1.82) is 0 Å². The number of rotatable bonds is 3. The summed E-state index contributed by atoms with van der Waals surface area (Å²) >= 11 is 8.95. The second-order valence-corrected chi connectivity index (χ2v) is 69.1. The Balaban J connectivity index is 2.86. The first-order valence-electron chi connectivity index (χ1n) is 4.43. The van der Waals surface area contributed by atoms with Crippen LogP contribution < -0.4 is 0 Å². The SMILES string of the molecule is CC(C)([CH2][Hf]([Br])([Br])[Br])c1ccccc1. The van der Waals surface area contributed by atoms with Gasteiger partial charge in [-0.1, -0.05) is 0 Å². The molecule has 0 radical (unpaired) electrons. The van der Waals surface area contributed by atoms with Crippen LogP contribution in [0.2, 0.25) is 4.18 Å². The fraction of sp³-hybridized carbons (Fsp3) is 0.400. The van der Waals surface area contributed by atoms with E-state index in [1.54, 1.807) is 0 Å². The van der Waals surface area contributed by atoms with Crippen molar-refractivity contribution in [1.82, 2.24) is 0 Å². The Labute approximate surface area is 108 Å². The zero-order chi connectivity index (χ0) is 10.8. The predicted molar refractivity (Wildman–Crippen MR) is 71.1 cm³/mol. The van der Waals surface area contributed by atoms with E-state index < -0.39 is 13.0 Å². The summed E-state index contributed by atoms with van der Waals surface area (Å²) in [5, 5.41) is 0. The first-order valence-corrected chi connectivity index (χ1v) is 30.5. The quantitative estimate of drug-likeness (QED) is 0.438. The second kappa shape index (κ2) is 5.24. The molecule has 14 heavy (non-hydrogen) atoms. The Morgan fingerprint density at radius 3 is 2.00 bits per heavy atom. The van der Waals surface area contributed by atoms with Gasteiger partial charge in [0.1, 0.15) is 0 Å². The Morgan fingerprint density at radius 1 is 1.07 bits per heavy atom. The molecule has 0 aliphatic carbocycles. The van der Waals surface area contributed by atoms with Crippen molar-refractivity contribution < 1.29 is 13.0 Å². The summed E-state index contributed by atoms with van der Waals surface area (Å²) in [5.41, 5.74) is 1.64. The molecule has 1 rings (SSSR count). The average molecular weight is 551 g/mol. The van der Waals surface area contributed by atoms with Gasteiger partial charge in [-0.15, -0.1) is 0 Å². The van der Waals surface area contributed by atoms with Crippen LogP contribution >= 0.6 is 36.9 Å². The van der Waals surface area contributed by atoms with Crippen LogP contribution in [0.3, 0.4) is 0 Å². The van der Waals surface area contributed by atoms with Gasteiger partial charge >= 0.3 is 109 Å². The maximum atomic E-state index is 3.77. The molecule has 0 unspecified atom stereocenters. The summed E-state index contributed by atoms with van der Waals surface area (Å²) in [4.78, 5) is 0. The zero-order valence-electron chi connectivity index (χ0n) is 8.23. The van der Waals surface area contributed by atoms with E-state index in [2.05, 4.69) is 81.1 Å². The molecule has 0 amide bonds. The van der Waals surface area contributed by atoms with E-state index in [-0.39, 0.29) is 5.41 Å². The summed E-state index contributed by atoms with van der Waals surface area (Å²) in [7, 11) is 0. The number of halogens is 3. The van der Waals surface area contributed by atoms with Crippen LogP contribution in [0.1, 0.15) is 19.4 Å². The van der Waals surface area contributed by atoms with E-state index in [0.717, 1.165) is 0 Å². The van der Waals surface area contributed by atoms with Gasteiger partial charge in [0.2, 0.25) is 0 Å². The standard InChI is InChI=1S/C10H13.3BrH.Hf/c1-10(2,3)9-7-5-4-6-8-9;;;;/h4-8H,1H2,2-3H3;3*1H;/q;;;;+3/p-3. The molecule has 0 heterocycles. The molecule has 0 atom stereocenters. The molecule has 0 fully saturated rings. The first kappa shape index (κ1) is 13.6. The van der Waals surface area contributed by atoms with E-state index in [1.807, 2.05) is 0 Å². The third kappa shape index (κ3) is 4.58. The van der Waals surface area contributed by atoms with Crippen LogP contribution in [-0.2, 0) is 18.4 Å². The normalized spacial score (nSPS) is 12.9. The molecule has 0 N–H and O–H groups in total. The van der Waals surface area contributed by atoms with Crippen molar-refractivity contribution >= 4 is 36.9 Å². The molecule has 78 valence electrons. The van der Waals surface area contributed by atoms with Gasteiger partial charge in [0, 0.05) is 0 Å². The van der Waals surface area contributed by atoms with Crippen LogP contribution in [0, 0.1) is 0 Å². The van der Waals surface area contributed by atoms with Gasteiger partial charge in [-0.3, -0.25) is 0 Å². The molecule has 0 spiro atoms. The Bertz CT molecular complexity index is 290. The molecule has 0 saturated carbocycles. The first-order chi connectivity index (χ1) is 6.31. The van der Waals surface area contributed by atoms with Crippen molar-refractivity contribution in [2.45, 2.75) is 23.4 Å². The molecular weight excluding hydrogens is 538 g/mol. The van der Waals surface area contributed by atoms with Crippen LogP contribution in [-0.4, -0.2) is 0 Å².